The fraction of sp³-hybridized carbons (Fsp3) is 0.250. The van der Waals surface area contributed by atoms with Crippen LogP contribution >= 0.6 is 11.6 Å². The minimum atomic E-state index is 0.311. The predicted octanol–water partition coefficient (Wildman–Crippen LogP) is 1.72. The number of hydrogen-bond donors (Lipinski definition) is 1. The summed E-state index contributed by atoms with van der Waals surface area (Å²) >= 11 is 5.63. The monoisotopic (exact) mass is 199 g/mol. The van der Waals surface area contributed by atoms with Crippen molar-refractivity contribution in [1.82, 2.24) is 9.97 Å². The van der Waals surface area contributed by atoms with E-state index in [2.05, 4.69) is 9.97 Å². The molecular formula is C8H10ClN3O. The highest BCUT2D eigenvalue weighted by Gasteiger charge is 1.98. The first kappa shape index (κ1) is 9.80. The van der Waals surface area contributed by atoms with Crippen LogP contribution < -0.4 is 5.73 Å². The molecule has 0 bridgehead atoms. The molecule has 2 N–H and O–H groups in total. The fourth-order valence-corrected chi connectivity index (χ4v) is 0.861. The van der Waals surface area contributed by atoms with Gasteiger partial charge in [-0.15, -0.1) is 0 Å². The Balaban J connectivity index is 2.81. The maximum absolute atomic E-state index is 5.63. The highest BCUT2D eigenvalue weighted by Crippen LogP contribution is 2.11. The normalized spacial score (nSPS) is 10.6. The number of nitrogens with zero attached hydrogens (tertiary/aromatic N) is 2. The molecule has 0 saturated heterocycles. The summed E-state index contributed by atoms with van der Waals surface area (Å²) in [5.74, 6) is 0.334. The zero-order valence-corrected chi connectivity index (χ0v) is 7.95. The van der Waals surface area contributed by atoms with Gasteiger partial charge in [0.1, 0.15) is 16.7 Å². The molecule has 0 spiro atoms. The molecule has 1 aromatic heterocycles. The minimum Gasteiger partial charge on any atom is -0.501 e. The quantitative estimate of drug-likeness (QED) is 0.753. The van der Waals surface area contributed by atoms with E-state index in [1.54, 1.807) is 6.08 Å². The Morgan fingerprint density at radius 2 is 2.46 bits per heavy atom. The number of aromatic nitrogens is 2. The van der Waals surface area contributed by atoms with Gasteiger partial charge in [0, 0.05) is 6.08 Å². The standard InChI is InChI=1S/C8H10ClN3O/c1-2-13-4-3-6-8(10)11-5-7(9)12-6/h3-5H,2H2,1H3,(H2,10,11)/b4-3+. The lowest BCUT2D eigenvalue weighted by molar-refractivity contribution is 0.272. The molecule has 0 aliphatic carbocycles. The molecule has 1 heterocycles. The molecule has 70 valence electrons. The lowest BCUT2D eigenvalue weighted by atomic mass is 10.4. The van der Waals surface area contributed by atoms with Gasteiger partial charge in [-0.3, -0.25) is 0 Å². The van der Waals surface area contributed by atoms with Gasteiger partial charge in [0.25, 0.3) is 0 Å². The van der Waals surface area contributed by atoms with E-state index < -0.39 is 0 Å². The van der Waals surface area contributed by atoms with Crippen molar-refractivity contribution in [2.45, 2.75) is 6.92 Å². The SMILES string of the molecule is CCO/C=C/c1nc(Cl)cnc1N. The maximum Gasteiger partial charge on any atom is 0.149 e. The number of anilines is 1. The number of rotatable bonds is 3. The smallest absolute Gasteiger partial charge is 0.149 e. The summed E-state index contributed by atoms with van der Waals surface area (Å²) in [6.07, 6.45) is 4.53. The van der Waals surface area contributed by atoms with Crippen LogP contribution in [0.25, 0.3) is 6.08 Å². The molecular weight excluding hydrogens is 190 g/mol. The van der Waals surface area contributed by atoms with E-state index in [9.17, 15) is 0 Å². The van der Waals surface area contributed by atoms with Crippen LogP contribution in [0.3, 0.4) is 0 Å². The minimum absolute atomic E-state index is 0.311. The first-order chi connectivity index (χ1) is 6.24. The second-order valence-electron chi connectivity index (χ2n) is 2.22. The van der Waals surface area contributed by atoms with Gasteiger partial charge < -0.3 is 10.5 Å². The Hall–Kier alpha value is -1.29. The summed E-state index contributed by atoms with van der Waals surface area (Å²) in [6, 6.07) is 0. The summed E-state index contributed by atoms with van der Waals surface area (Å²) in [7, 11) is 0. The Kier molecular flexibility index (Phi) is 3.52. The van der Waals surface area contributed by atoms with E-state index in [-0.39, 0.29) is 0 Å². The van der Waals surface area contributed by atoms with Crippen LogP contribution in [-0.4, -0.2) is 16.6 Å². The van der Waals surface area contributed by atoms with E-state index in [1.165, 1.54) is 12.5 Å². The molecule has 1 aromatic rings. The first-order valence-electron chi connectivity index (χ1n) is 3.80. The van der Waals surface area contributed by atoms with Crippen molar-refractivity contribution in [2.75, 3.05) is 12.3 Å². The van der Waals surface area contributed by atoms with Crippen molar-refractivity contribution in [3.05, 3.63) is 23.3 Å². The van der Waals surface area contributed by atoms with E-state index in [1.807, 2.05) is 6.92 Å². The summed E-state index contributed by atoms with van der Waals surface area (Å²) in [6.45, 7) is 2.49. The third-order valence-corrected chi connectivity index (χ3v) is 1.47. The van der Waals surface area contributed by atoms with E-state index in [0.29, 0.717) is 23.3 Å². The lowest BCUT2D eigenvalue weighted by Gasteiger charge is -1.98. The number of halogens is 1. The Morgan fingerprint density at radius 1 is 1.69 bits per heavy atom. The van der Waals surface area contributed by atoms with Crippen molar-refractivity contribution in [2.24, 2.45) is 0 Å². The summed E-state index contributed by atoms with van der Waals surface area (Å²) in [4.78, 5) is 7.79. The second-order valence-corrected chi connectivity index (χ2v) is 2.61. The molecule has 1 rings (SSSR count). The van der Waals surface area contributed by atoms with Crippen LogP contribution in [0.1, 0.15) is 12.6 Å². The molecule has 0 atom stereocenters. The first-order valence-corrected chi connectivity index (χ1v) is 4.18. The van der Waals surface area contributed by atoms with Crippen LogP contribution in [0.15, 0.2) is 12.5 Å². The summed E-state index contributed by atoms with van der Waals surface area (Å²) in [5.41, 5.74) is 6.05. The molecule has 4 nitrogen and oxygen atoms in total. The molecule has 0 saturated carbocycles. The molecule has 0 amide bonds. The highest BCUT2D eigenvalue weighted by atomic mass is 35.5. The Bertz CT molecular complexity index is 314. The van der Waals surface area contributed by atoms with Crippen molar-refractivity contribution in [1.29, 1.82) is 0 Å². The molecule has 13 heavy (non-hydrogen) atoms. The third kappa shape index (κ3) is 2.91. The van der Waals surface area contributed by atoms with Crippen LogP contribution in [0.4, 0.5) is 5.82 Å². The van der Waals surface area contributed by atoms with Crippen LogP contribution in [0, 0.1) is 0 Å². The molecule has 0 aromatic carbocycles. The third-order valence-electron chi connectivity index (χ3n) is 1.29. The number of nitrogen functional groups attached to an aromatic ring is 1. The van der Waals surface area contributed by atoms with Crippen LogP contribution in [-0.2, 0) is 4.74 Å². The van der Waals surface area contributed by atoms with Gasteiger partial charge in [-0.2, -0.15) is 0 Å². The van der Waals surface area contributed by atoms with Crippen LogP contribution in [0.5, 0.6) is 0 Å². The lowest BCUT2D eigenvalue weighted by Crippen LogP contribution is -1.96. The molecule has 0 radical (unpaired) electrons. The van der Waals surface area contributed by atoms with Gasteiger partial charge in [-0.25, -0.2) is 9.97 Å². The average molecular weight is 200 g/mol. The molecule has 0 aliphatic rings. The van der Waals surface area contributed by atoms with E-state index >= 15 is 0 Å². The highest BCUT2D eigenvalue weighted by molar-refractivity contribution is 6.29. The van der Waals surface area contributed by atoms with Gasteiger partial charge in [0.2, 0.25) is 0 Å². The zero-order chi connectivity index (χ0) is 9.68. The Labute approximate surface area is 81.4 Å². The van der Waals surface area contributed by atoms with Gasteiger partial charge >= 0.3 is 0 Å². The van der Waals surface area contributed by atoms with Gasteiger partial charge in [0.15, 0.2) is 0 Å². The molecule has 0 aliphatic heterocycles. The summed E-state index contributed by atoms with van der Waals surface area (Å²) in [5, 5.41) is 0.311. The number of nitrogens with two attached hydrogens (primary N) is 1. The molecule has 0 unspecified atom stereocenters. The second kappa shape index (κ2) is 4.67. The maximum atomic E-state index is 5.63. The predicted molar refractivity (Wildman–Crippen MR) is 52.1 cm³/mol. The van der Waals surface area contributed by atoms with Crippen molar-refractivity contribution in [3.63, 3.8) is 0 Å². The number of hydrogen-bond acceptors (Lipinski definition) is 4. The number of ether oxygens (including phenoxy) is 1. The molecule has 0 fully saturated rings. The average Bonchev–Trinajstić information content (AvgIpc) is 2.11. The van der Waals surface area contributed by atoms with Crippen molar-refractivity contribution >= 4 is 23.5 Å². The van der Waals surface area contributed by atoms with Gasteiger partial charge in [0.05, 0.1) is 19.1 Å². The largest absolute Gasteiger partial charge is 0.501 e. The Morgan fingerprint density at radius 3 is 3.15 bits per heavy atom. The fourth-order valence-electron chi connectivity index (χ4n) is 0.722. The van der Waals surface area contributed by atoms with Crippen molar-refractivity contribution < 1.29 is 4.74 Å². The summed E-state index contributed by atoms with van der Waals surface area (Å²) < 4.78 is 4.99. The van der Waals surface area contributed by atoms with Crippen LogP contribution in [0.2, 0.25) is 5.15 Å². The topological polar surface area (TPSA) is 61.0 Å². The van der Waals surface area contributed by atoms with E-state index in [0.717, 1.165) is 0 Å². The van der Waals surface area contributed by atoms with Gasteiger partial charge in [-0.05, 0) is 6.92 Å². The van der Waals surface area contributed by atoms with Crippen molar-refractivity contribution in [3.8, 4) is 0 Å². The van der Waals surface area contributed by atoms with Gasteiger partial charge in [-0.1, -0.05) is 11.6 Å². The van der Waals surface area contributed by atoms with E-state index in [4.69, 9.17) is 22.1 Å². The molecule has 5 heteroatoms. The zero-order valence-electron chi connectivity index (χ0n) is 7.20.